The van der Waals surface area contributed by atoms with Crippen molar-refractivity contribution in [1.29, 1.82) is 0 Å². The fourth-order valence-corrected chi connectivity index (χ4v) is 2.88. The van der Waals surface area contributed by atoms with Gasteiger partial charge >= 0.3 is 0 Å². The molecule has 0 fully saturated rings. The molecule has 1 aromatic carbocycles. The van der Waals surface area contributed by atoms with Crippen LogP contribution in [0.1, 0.15) is 33.3 Å². The molecule has 4 nitrogen and oxygen atoms in total. The lowest BCUT2D eigenvalue weighted by Crippen LogP contribution is -2.26. The number of aromatic amines is 1. The maximum atomic E-state index is 12.2. The van der Waals surface area contributed by atoms with Crippen molar-refractivity contribution < 1.29 is 4.79 Å². The van der Waals surface area contributed by atoms with Gasteiger partial charge in [-0.15, -0.1) is 11.3 Å². The van der Waals surface area contributed by atoms with E-state index in [-0.39, 0.29) is 11.9 Å². The van der Waals surface area contributed by atoms with Crippen LogP contribution in [0, 0.1) is 6.92 Å². The quantitative estimate of drug-likeness (QED) is 0.774. The van der Waals surface area contributed by atoms with Gasteiger partial charge in [0, 0.05) is 22.0 Å². The van der Waals surface area contributed by atoms with Crippen LogP contribution in [0.2, 0.25) is 0 Å². The van der Waals surface area contributed by atoms with Gasteiger partial charge in [-0.3, -0.25) is 4.79 Å². The molecule has 2 heterocycles. The number of rotatable bonds is 3. The minimum Gasteiger partial charge on any atom is -0.351 e. The Bertz CT molecular complexity index is 726. The second-order valence-corrected chi connectivity index (χ2v) is 6.04. The van der Waals surface area contributed by atoms with Crippen molar-refractivity contribution in [3.8, 4) is 0 Å². The van der Waals surface area contributed by atoms with Crippen molar-refractivity contribution in [2.45, 2.75) is 19.9 Å². The Hall–Kier alpha value is -2.14. The number of para-hydroxylation sites is 1. The van der Waals surface area contributed by atoms with Crippen molar-refractivity contribution in [2.75, 3.05) is 0 Å². The standard InChI is InChI=1S/C15H15N3OS/c1-9-8-16-15(20-9)10(2)17-14(19)13-7-11-5-3-4-6-12(11)18-13/h3-8,10,18H,1-2H3,(H,17,19). The third kappa shape index (κ3) is 2.44. The van der Waals surface area contributed by atoms with E-state index in [1.165, 1.54) is 0 Å². The van der Waals surface area contributed by atoms with Crippen LogP contribution in [0.5, 0.6) is 0 Å². The molecule has 102 valence electrons. The van der Waals surface area contributed by atoms with E-state index < -0.39 is 0 Å². The summed E-state index contributed by atoms with van der Waals surface area (Å²) in [6, 6.07) is 9.62. The lowest BCUT2D eigenvalue weighted by molar-refractivity contribution is 0.0935. The average Bonchev–Trinajstić information content (AvgIpc) is 3.04. The van der Waals surface area contributed by atoms with E-state index in [4.69, 9.17) is 0 Å². The highest BCUT2D eigenvalue weighted by Gasteiger charge is 2.15. The summed E-state index contributed by atoms with van der Waals surface area (Å²) in [6.45, 7) is 3.95. The first-order chi connectivity index (χ1) is 9.63. The minimum absolute atomic E-state index is 0.0902. The summed E-state index contributed by atoms with van der Waals surface area (Å²) in [6.07, 6.45) is 1.82. The molecule has 20 heavy (non-hydrogen) atoms. The van der Waals surface area contributed by atoms with Crippen molar-refractivity contribution >= 4 is 28.1 Å². The topological polar surface area (TPSA) is 57.8 Å². The average molecular weight is 285 g/mol. The highest BCUT2D eigenvalue weighted by atomic mass is 32.1. The van der Waals surface area contributed by atoms with Crippen LogP contribution < -0.4 is 5.32 Å². The smallest absolute Gasteiger partial charge is 0.268 e. The number of thiazole rings is 1. The van der Waals surface area contributed by atoms with E-state index in [1.54, 1.807) is 11.3 Å². The van der Waals surface area contributed by atoms with E-state index in [0.717, 1.165) is 20.8 Å². The van der Waals surface area contributed by atoms with Crippen molar-refractivity contribution in [1.82, 2.24) is 15.3 Å². The molecule has 2 N–H and O–H groups in total. The summed E-state index contributed by atoms with van der Waals surface area (Å²) < 4.78 is 0. The SMILES string of the molecule is Cc1cnc(C(C)NC(=O)c2cc3ccccc3[nH]2)s1. The molecule has 1 unspecified atom stereocenters. The number of carbonyl (C=O) groups is 1. The van der Waals surface area contributed by atoms with E-state index in [0.29, 0.717) is 5.69 Å². The lowest BCUT2D eigenvalue weighted by atomic mass is 10.2. The molecule has 2 aromatic heterocycles. The van der Waals surface area contributed by atoms with Crippen LogP contribution in [0.25, 0.3) is 10.9 Å². The van der Waals surface area contributed by atoms with Gasteiger partial charge in [0.2, 0.25) is 0 Å². The number of aryl methyl sites for hydroxylation is 1. The van der Waals surface area contributed by atoms with Gasteiger partial charge < -0.3 is 10.3 Å². The van der Waals surface area contributed by atoms with Crippen LogP contribution in [-0.4, -0.2) is 15.9 Å². The van der Waals surface area contributed by atoms with Crippen LogP contribution in [-0.2, 0) is 0 Å². The van der Waals surface area contributed by atoms with E-state index in [1.807, 2.05) is 50.4 Å². The lowest BCUT2D eigenvalue weighted by Gasteiger charge is -2.09. The number of H-pyrrole nitrogens is 1. The number of carbonyl (C=O) groups excluding carboxylic acids is 1. The zero-order chi connectivity index (χ0) is 14.1. The minimum atomic E-state index is -0.110. The molecule has 3 rings (SSSR count). The molecular formula is C15H15N3OS. The number of amides is 1. The van der Waals surface area contributed by atoms with Crippen molar-refractivity contribution in [2.24, 2.45) is 0 Å². The number of hydrogen-bond donors (Lipinski definition) is 2. The fourth-order valence-electron chi connectivity index (χ4n) is 2.10. The van der Waals surface area contributed by atoms with Gasteiger partial charge in [0.1, 0.15) is 10.7 Å². The summed E-state index contributed by atoms with van der Waals surface area (Å²) in [4.78, 5) is 20.8. The Morgan fingerprint density at radius 2 is 2.20 bits per heavy atom. The first kappa shape index (κ1) is 12.9. The van der Waals surface area contributed by atoms with Crippen molar-refractivity contribution in [3.63, 3.8) is 0 Å². The Labute approximate surface area is 120 Å². The maximum absolute atomic E-state index is 12.2. The molecule has 0 aliphatic heterocycles. The van der Waals surface area contributed by atoms with Crippen LogP contribution in [0.3, 0.4) is 0 Å². The zero-order valence-corrected chi connectivity index (χ0v) is 12.1. The zero-order valence-electron chi connectivity index (χ0n) is 11.3. The van der Waals surface area contributed by atoms with Gasteiger partial charge in [-0.2, -0.15) is 0 Å². The van der Waals surface area contributed by atoms with Gasteiger partial charge in [-0.25, -0.2) is 4.98 Å². The molecular weight excluding hydrogens is 270 g/mol. The molecule has 5 heteroatoms. The van der Waals surface area contributed by atoms with Gasteiger partial charge in [-0.05, 0) is 26.0 Å². The Balaban J connectivity index is 1.78. The van der Waals surface area contributed by atoms with Crippen molar-refractivity contribution in [3.05, 3.63) is 52.1 Å². The summed E-state index contributed by atoms with van der Waals surface area (Å²) >= 11 is 1.60. The van der Waals surface area contributed by atoms with Gasteiger partial charge in [0.15, 0.2) is 0 Å². The molecule has 0 saturated carbocycles. The first-order valence-corrected chi connectivity index (χ1v) is 7.26. The molecule has 1 amide bonds. The molecule has 3 aromatic rings. The normalized spacial score (nSPS) is 12.5. The molecule has 0 radical (unpaired) electrons. The molecule has 0 saturated heterocycles. The number of nitrogens with one attached hydrogen (secondary N) is 2. The van der Waals surface area contributed by atoms with Crippen LogP contribution in [0.15, 0.2) is 36.5 Å². The van der Waals surface area contributed by atoms with Gasteiger partial charge in [0.25, 0.3) is 5.91 Å². The second kappa shape index (κ2) is 5.09. The van der Waals surface area contributed by atoms with Crippen LogP contribution in [0.4, 0.5) is 0 Å². The number of hydrogen-bond acceptors (Lipinski definition) is 3. The van der Waals surface area contributed by atoms with Gasteiger partial charge in [0.05, 0.1) is 6.04 Å². The molecule has 0 spiro atoms. The highest BCUT2D eigenvalue weighted by molar-refractivity contribution is 7.11. The Morgan fingerprint density at radius 3 is 2.90 bits per heavy atom. The van der Waals surface area contributed by atoms with E-state index in [2.05, 4.69) is 15.3 Å². The molecule has 0 aliphatic carbocycles. The van der Waals surface area contributed by atoms with Crippen LogP contribution >= 0.6 is 11.3 Å². The summed E-state index contributed by atoms with van der Waals surface area (Å²) in [7, 11) is 0. The summed E-state index contributed by atoms with van der Waals surface area (Å²) in [5.41, 5.74) is 1.54. The number of nitrogens with zero attached hydrogens (tertiary/aromatic N) is 1. The predicted octanol–water partition coefficient (Wildman–Crippen LogP) is 3.42. The predicted molar refractivity (Wildman–Crippen MR) is 81.0 cm³/mol. The summed E-state index contributed by atoms with van der Waals surface area (Å²) in [5.74, 6) is -0.110. The van der Waals surface area contributed by atoms with E-state index in [9.17, 15) is 4.79 Å². The molecule has 0 bridgehead atoms. The number of fused-ring (bicyclic) bond motifs is 1. The number of benzene rings is 1. The third-order valence-corrected chi connectivity index (χ3v) is 4.23. The Kier molecular flexibility index (Phi) is 3.28. The molecule has 1 atom stereocenters. The third-order valence-electron chi connectivity index (χ3n) is 3.13. The monoisotopic (exact) mass is 285 g/mol. The molecule has 0 aliphatic rings. The largest absolute Gasteiger partial charge is 0.351 e. The van der Waals surface area contributed by atoms with Gasteiger partial charge in [-0.1, -0.05) is 18.2 Å². The first-order valence-electron chi connectivity index (χ1n) is 6.44. The Morgan fingerprint density at radius 1 is 1.40 bits per heavy atom. The van der Waals surface area contributed by atoms with E-state index >= 15 is 0 Å². The maximum Gasteiger partial charge on any atom is 0.268 e. The number of aromatic nitrogens is 2. The summed E-state index contributed by atoms with van der Waals surface area (Å²) in [5, 5.41) is 4.92. The highest BCUT2D eigenvalue weighted by Crippen LogP contribution is 2.20. The second-order valence-electron chi connectivity index (χ2n) is 4.77. The fraction of sp³-hybridized carbons (Fsp3) is 0.200.